The highest BCUT2D eigenvalue weighted by molar-refractivity contribution is 7.90. The number of rotatable bonds is 5. The molecule has 0 fully saturated rings. The summed E-state index contributed by atoms with van der Waals surface area (Å²) in [5.74, 6) is -2.38. The van der Waals surface area contributed by atoms with Gasteiger partial charge < -0.3 is 4.74 Å². The Morgan fingerprint density at radius 3 is 2.67 bits per heavy atom. The van der Waals surface area contributed by atoms with Crippen LogP contribution in [0.3, 0.4) is 0 Å². The Bertz CT molecular complexity index is 525. The predicted molar refractivity (Wildman–Crippen MR) is 65.1 cm³/mol. The van der Waals surface area contributed by atoms with Crippen LogP contribution >= 0.6 is 0 Å². The van der Waals surface area contributed by atoms with E-state index in [9.17, 15) is 17.6 Å². The molecule has 0 aliphatic rings. The van der Waals surface area contributed by atoms with Crippen molar-refractivity contribution < 1.29 is 22.3 Å². The van der Waals surface area contributed by atoms with Crippen LogP contribution in [0.25, 0.3) is 0 Å². The molecular formula is C12H15FO4S. The first-order valence-corrected chi connectivity index (χ1v) is 7.19. The zero-order valence-corrected chi connectivity index (χ0v) is 11.0. The van der Waals surface area contributed by atoms with Crippen LogP contribution in [0.1, 0.15) is 12.5 Å². The molecular weight excluding hydrogens is 259 g/mol. The van der Waals surface area contributed by atoms with Gasteiger partial charge in [-0.1, -0.05) is 19.1 Å². The van der Waals surface area contributed by atoms with Crippen LogP contribution in [0.15, 0.2) is 24.3 Å². The molecule has 0 amide bonds. The summed E-state index contributed by atoms with van der Waals surface area (Å²) < 4.78 is 41.0. The van der Waals surface area contributed by atoms with Gasteiger partial charge in [0.25, 0.3) is 0 Å². The van der Waals surface area contributed by atoms with Crippen LogP contribution in [-0.2, 0) is 25.1 Å². The second-order valence-corrected chi connectivity index (χ2v) is 6.22. The van der Waals surface area contributed by atoms with Crippen LogP contribution < -0.4 is 0 Å². The van der Waals surface area contributed by atoms with Gasteiger partial charge in [0, 0.05) is 0 Å². The topological polar surface area (TPSA) is 60.4 Å². The molecule has 0 aliphatic heterocycles. The number of sulfone groups is 1. The fourth-order valence-corrected chi connectivity index (χ4v) is 3.29. The fraction of sp³-hybridized carbons (Fsp3) is 0.417. The second-order valence-electron chi connectivity index (χ2n) is 4.11. The van der Waals surface area contributed by atoms with E-state index in [4.69, 9.17) is 0 Å². The molecule has 0 heterocycles. The Balaban J connectivity index is 2.74. The molecule has 0 saturated carbocycles. The lowest BCUT2D eigenvalue weighted by Crippen LogP contribution is -2.23. The van der Waals surface area contributed by atoms with Gasteiger partial charge in [-0.15, -0.1) is 0 Å². The van der Waals surface area contributed by atoms with Crippen LogP contribution in [0.2, 0.25) is 0 Å². The molecule has 1 atom stereocenters. The molecule has 0 radical (unpaired) electrons. The van der Waals surface area contributed by atoms with Crippen LogP contribution in [0, 0.1) is 11.7 Å². The monoisotopic (exact) mass is 274 g/mol. The van der Waals surface area contributed by atoms with Gasteiger partial charge in [0.1, 0.15) is 5.82 Å². The normalized spacial score (nSPS) is 13.1. The summed E-state index contributed by atoms with van der Waals surface area (Å²) in [6, 6.07) is 5.39. The highest BCUT2D eigenvalue weighted by atomic mass is 32.2. The third-order valence-electron chi connectivity index (χ3n) is 2.38. The lowest BCUT2D eigenvalue weighted by molar-refractivity contribution is -0.144. The highest BCUT2D eigenvalue weighted by Gasteiger charge is 2.22. The van der Waals surface area contributed by atoms with Crippen molar-refractivity contribution in [3.63, 3.8) is 0 Å². The summed E-state index contributed by atoms with van der Waals surface area (Å²) in [7, 11) is -2.27. The van der Waals surface area contributed by atoms with Crippen LogP contribution in [0.5, 0.6) is 0 Å². The number of hydrogen-bond donors (Lipinski definition) is 0. The zero-order chi connectivity index (χ0) is 13.8. The summed E-state index contributed by atoms with van der Waals surface area (Å²) in [6.07, 6.45) is 0. The Labute approximate surface area is 106 Å². The molecule has 1 aromatic carbocycles. The SMILES string of the molecule is COC(=O)C(C)CS(=O)(=O)Cc1cccc(F)c1. The predicted octanol–water partition coefficient (Wildman–Crippen LogP) is 1.55. The Hall–Kier alpha value is -1.43. The average Bonchev–Trinajstić information content (AvgIpc) is 2.26. The van der Waals surface area contributed by atoms with Crippen molar-refractivity contribution in [2.45, 2.75) is 12.7 Å². The Morgan fingerprint density at radius 1 is 1.44 bits per heavy atom. The van der Waals surface area contributed by atoms with E-state index in [-0.39, 0.29) is 11.5 Å². The standard InChI is InChI=1S/C12H15FO4S/c1-9(12(14)17-2)7-18(15,16)8-10-4-3-5-11(13)6-10/h3-6,9H,7-8H2,1-2H3. The minimum absolute atomic E-state index is 0.286. The van der Waals surface area contributed by atoms with E-state index in [0.717, 1.165) is 0 Å². The number of esters is 1. The van der Waals surface area contributed by atoms with Gasteiger partial charge in [0.15, 0.2) is 9.84 Å². The van der Waals surface area contributed by atoms with Gasteiger partial charge in [-0.05, 0) is 17.7 Å². The third-order valence-corrected chi connectivity index (χ3v) is 4.16. The molecule has 1 unspecified atom stereocenters. The number of ether oxygens (including phenoxy) is 1. The first kappa shape index (κ1) is 14.6. The quantitative estimate of drug-likeness (QED) is 0.764. The lowest BCUT2D eigenvalue weighted by atomic mass is 10.2. The molecule has 6 heteroatoms. The molecule has 1 aromatic rings. The summed E-state index contributed by atoms with van der Waals surface area (Å²) >= 11 is 0. The first-order chi connectivity index (χ1) is 8.34. The summed E-state index contributed by atoms with van der Waals surface area (Å²) in [5.41, 5.74) is 0.368. The number of hydrogen-bond acceptors (Lipinski definition) is 4. The zero-order valence-electron chi connectivity index (χ0n) is 10.2. The number of halogens is 1. The van der Waals surface area contributed by atoms with Crippen LogP contribution in [0.4, 0.5) is 4.39 Å². The maximum absolute atomic E-state index is 12.9. The summed E-state index contributed by atoms with van der Waals surface area (Å²) in [6.45, 7) is 1.48. The number of methoxy groups -OCH3 is 1. The summed E-state index contributed by atoms with van der Waals surface area (Å²) in [4.78, 5) is 11.1. The number of carbonyl (C=O) groups is 1. The van der Waals surface area contributed by atoms with Gasteiger partial charge in [-0.3, -0.25) is 4.79 Å². The van der Waals surface area contributed by atoms with Gasteiger partial charge in [0.05, 0.1) is 24.5 Å². The molecule has 0 spiro atoms. The Kier molecular flexibility index (Phi) is 4.84. The van der Waals surface area contributed by atoms with E-state index in [0.29, 0.717) is 5.56 Å². The van der Waals surface area contributed by atoms with E-state index >= 15 is 0 Å². The molecule has 0 aromatic heterocycles. The van der Waals surface area contributed by atoms with Crippen molar-refractivity contribution in [3.8, 4) is 0 Å². The summed E-state index contributed by atoms with van der Waals surface area (Å²) in [5, 5.41) is 0. The molecule has 0 N–H and O–H groups in total. The molecule has 100 valence electrons. The third kappa shape index (κ3) is 4.44. The van der Waals surface area contributed by atoms with Gasteiger partial charge in [-0.25, -0.2) is 12.8 Å². The van der Waals surface area contributed by atoms with Crippen molar-refractivity contribution in [1.29, 1.82) is 0 Å². The smallest absolute Gasteiger partial charge is 0.309 e. The average molecular weight is 274 g/mol. The van der Waals surface area contributed by atoms with Crippen molar-refractivity contribution in [2.24, 2.45) is 5.92 Å². The molecule has 0 saturated heterocycles. The second kappa shape index (κ2) is 5.95. The van der Waals surface area contributed by atoms with E-state index in [1.165, 1.54) is 38.3 Å². The van der Waals surface area contributed by atoms with E-state index in [2.05, 4.69) is 4.74 Å². The molecule has 0 aliphatic carbocycles. The molecule has 1 rings (SSSR count). The van der Waals surface area contributed by atoms with E-state index in [1.54, 1.807) is 0 Å². The highest BCUT2D eigenvalue weighted by Crippen LogP contribution is 2.12. The number of benzene rings is 1. The maximum Gasteiger partial charge on any atom is 0.309 e. The van der Waals surface area contributed by atoms with Gasteiger partial charge in [-0.2, -0.15) is 0 Å². The Morgan fingerprint density at radius 2 is 2.11 bits per heavy atom. The number of carbonyl (C=O) groups excluding carboxylic acids is 1. The molecule has 0 bridgehead atoms. The largest absolute Gasteiger partial charge is 0.469 e. The molecule has 18 heavy (non-hydrogen) atoms. The fourth-order valence-electron chi connectivity index (χ4n) is 1.59. The maximum atomic E-state index is 12.9. The van der Waals surface area contributed by atoms with Crippen molar-refractivity contribution in [1.82, 2.24) is 0 Å². The minimum atomic E-state index is -3.47. The lowest BCUT2D eigenvalue weighted by Gasteiger charge is -2.10. The van der Waals surface area contributed by atoms with Crippen molar-refractivity contribution >= 4 is 15.8 Å². The minimum Gasteiger partial charge on any atom is -0.469 e. The van der Waals surface area contributed by atoms with Gasteiger partial charge in [0.2, 0.25) is 0 Å². The van der Waals surface area contributed by atoms with E-state index in [1.807, 2.05) is 0 Å². The first-order valence-electron chi connectivity index (χ1n) is 5.37. The van der Waals surface area contributed by atoms with Crippen LogP contribution in [-0.4, -0.2) is 27.2 Å². The van der Waals surface area contributed by atoms with Gasteiger partial charge >= 0.3 is 5.97 Å². The van der Waals surface area contributed by atoms with E-state index < -0.39 is 27.5 Å². The van der Waals surface area contributed by atoms with Crippen molar-refractivity contribution in [3.05, 3.63) is 35.6 Å². The molecule has 4 nitrogen and oxygen atoms in total. The van der Waals surface area contributed by atoms with Crippen molar-refractivity contribution in [2.75, 3.05) is 12.9 Å².